The van der Waals surface area contributed by atoms with Gasteiger partial charge < -0.3 is 15.7 Å². The summed E-state index contributed by atoms with van der Waals surface area (Å²) in [5, 5.41) is 13.4. The number of carbonyl (C=O) groups excluding carboxylic acids is 1. The Hall–Kier alpha value is -2.50. The molecule has 2 rings (SSSR count). The van der Waals surface area contributed by atoms with Gasteiger partial charge in [-0.05, 0) is 19.1 Å². The Morgan fingerprint density at radius 3 is 2.89 bits per heavy atom. The lowest BCUT2D eigenvalue weighted by Crippen LogP contribution is -2.33. The maximum absolute atomic E-state index is 12.2. The maximum Gasteiger partial charge on any atom is 0.248 e. The van der Waals surface area contributed by atoms with Crippen molar-refractivity contribution < 1.29 is 9.90 Å². The number of likely N-dealkylation sites (N-methyl/N-ethyl adjacent to an activating group) is 1. The first kappa shape index (κ1) is 12.9. The van der Waals surface area contributed by atoms with Crippen LogP contribution in [0.5, 0.6) is 5.75 Å². The first-order valence-electron chi connectivity index (χ1n) is 5.97. The Labute approximate surface area is 111 Å². The minimum absolute atomic E-state index is 0.112. The van der Waals surface area contributed by atoms with E-state index >= 15 is 0 Å². The number of amides is 1. The summed E-state index contributed by atoms with van der Waals surface area (Å²) < 4.78 is 1.49. The van der Waals surface area contributed by atoms with Crippen LogP contribution in [0.3, 0.4) is 0 Å². The van der Waals surface area contributed by atoms with E-state index in [0.29, 0.717) is 17.9 Å². The van der Waals surface area contributed by atoms with Crippen molar-refractivity contribution in [1.82, 2.24) is 9.78 Å². The molecule has 1 aromatic carbocycles. The van der Waals surface area contributed by atoms with E-state index in [9.17, 15) is 9.90 Å². The number of nitrogens with two attached hydrogens (primary N) is 1. The van der Waals surface area contributed by atoms with E-state index < -0.39 is 0 Å². The molecule has 19 heavy (non-hydrogen) atoms. The number of phenols is 1. The maximum atomic E-state index is 12.2. The molecule has 0 aliphatic rings. The summed E-state index contributed by atoms with van der Waals surface area (Å²) in [5.74, 6) is 0.0169. The lowest BCUT2D eigenvalue weighted by atomic mass is 10.2. The molecule has 0 aliphatic heterocycles. The van der Waals surface area contributed by atoms with Gasteiger partial charge in [0.15, 0.2) is 0 Å². The number of hydrogen-bond acceptors (Lipinski definition) is 4. The van der Waals surface area contributed by atoms with Gasteiger partial charge in [0.2, 0.25) is 5.91 Å². The van der Waals surface area contributed by atoms with E-state index in [0.717, 1.165) is 0 Å². The lowest BCUT2D eigenvalue weighted by molar-refractivity contribution is -0.119. The smallest absolute Gasteiger partial charge is 0.248 e. The van der Waals surface area contributed by atoms with Crippen LogP contribution in [0.1, 0.15) is 6.92 Å². The normalized spacial score (nSPS) is 10.4. The molecule has 6 heteroatoms. The van der Waals surface area contributed by atoms with Gasteiger partial charge in [-0.15, -0.1) is 0 Å². The van der Waals surface area contributed by atoms with Crippen LogP contribution >= 0.6 is 0 Å². The molecule has 0 aliphatic carbocycles. The van der Waals surface area contributed by atoms with E-state index in [2.05, 4.69) is 5.10 Å². The highest BCUT2D eigenvalue weighted by atomic mass is 16.3. The summed E-state index contributed by atoms with van der Waals surface area (Å²) in [6.07, 6.45) is 3.10. The van der Waals surface area contributed by atoms with Gasteiger partial charge in [0.25, 0.3) is 0 Å². The second-order valence-electron chi connectivity index (χ2n) is 4.13. The Morgan fingerprint density at radius 2 is 2.32 bits per heavy atom. The zero-order chi connectivity index (χ0) is 13.8. The third-order valence-corrected chi connectivity index (χ3v) is 2.71. The number of aromatic hydroxyl groups is 1. The molecule has 0 saturated heterocycles. The molecule has 0 saturated carbocycles. The highest BCUT2D eigenvalue weighted by Gasteiger charge is 2.15. The Bertz CT molecular complexity index is 580. The monoisotopic (exact) mass is 260 g/mol. The number of anilines is 2. The predicted molar refractivity (Wildman–Crippen MR) is 72.8 cm³/mol. The summed E-state index contributed by atoms with van der Waals surface area (Å²) in [5.41, 5.74) is 6.73. The summed E-state index contributed by atoms with van der Waals surface area (Å²) in [4.78, 5) is 13.8. The first-order valence-corrected chi connectivity index (χ1v) is 5.97. The van der Waals surface area contributed by atoms with Crippen molar-refractivity contribution in [3.8, 4) is 5.75 Å². The van der Waals surface area contributed by atoms with Crippen LogP contribution in [0.2, 0.25) is 0 Å². The third kappa shape index (κ3) is 3.04. The molecule has 2 aromatic rings. The Balaban J connectivity index is 2.15. The second kappa shape index (κ2) is 5.43. The summed E-state index contributed by atoms with van der Waals surface area (Å²) in [7, 11) is 0. The van der Waals surface area contributed by atoms with E-state index in [1.54, 1.807) is 35.4 Å². The van der Waals surface area contributed by atoms with Crippen molar-refractivity contribution in [3.63, 3.8) is 0 Å². The first-order chi connectivity index (χ1) is 9.10. The van der Waals surface area contributed by atoms with E-state index in [4.69, 9.17) is 5.73 Å². The van der Waals surface area contributed by atoms with Crippen molar-refractivity contribution >= 4 is 17.3 Å². The van der Waals surface area contributed by atoms with E-state index in [1.807, 2.05) is 6.92 Å². The van der Waals surface area contributed by atoms with Crippen LogP contribution in [-0.4, -0.2) is 27.3 Å². The van der Waals surface area contributed by atoms with Gasteiger partial charge in [-0.2, -0.15) is 5.10 Å². The van der Waals surface area contributed by atoms with E-state index in [1.165, 1.54) is 10.9 Å². The molecular weight excluding hydrogens is 244 g/mol. The highest BCUT2D eigenvalue weighted by molar-refractivity contribution is 5.93. The molecule has 1 heterocycles. The number of hydrogen-bond donors (Lipinski definition) is 2. The fourth-order valence-electron chi connectivity index (χ4n) is 1.85. The molecule has 0 unspecified atom stereocenters. The number of carbonyl (C=O) groups is 1. The number of nitrogen functional groups attached to an aromatic ring is 1. The molecule has 6 nitrogen and oxygen atoms in total. The molecule has 0 fully saturated rings. The Kier molecular flexibility index (Phi) is 3.70. The van der Waals surface area contributed by atoms with Gasteiger partial charge in [0.1, 0.15) is 12.3 Å². The zero-order valence-corrected chi connectivity index (χ0v) is 10.7. The number of phenolic OH excluding ortho intramolecular Hbond substituents is 1. The largest absolute Gasteiger partial charge is 0.508 e. The fraction of sp³-hybridized carbons (Fsp3) is 0.231. The molecule has 100 valence electrons. The predicted octanol–water partition coefficient (Wildman–Crippen LogP) is 1.22. The zero-order valence-electron chi connectivity index (χ0n) is 10.7. The molecular formula is C13H16N4O2. The molecule has 3 N–H and O–H groups in total. The van der Waals surface area contributed by atoms with Gasteiger partial charge in [0.05, 0.1) is 11.9 Å². The fourth-order valence-corrected chi connectivity index (χ4v) is 1.85. The van der Waals surface area contributed by atoms with Crippen LogP contribution < -0.4 is 10.6 Å². The number of aromatic nitrogens is 2. The van der Waals surface area contributed by atoms with Crippen molar-refractivity contribution in [2.24, 2.45) is 0 Å². The van der Waals surface area contributed by atoms with Crippen molar-refractivity contribution in [1.29, 1.82) is 0 Å². The highest BCUT2D eigenvalue weighted by Crippen LogP contribution is 2.20. The number of nitrogens with zero attached hydrogens (tertiary/aromatic N) is 3. The molecule has 1 amide bonds. The molecule has 0 atom stereocenters. The van der Waals surface area contributed by atoms with Gasteiger partial charge >= 0.3 is 0 Å². The van der Waals surface area contributed by atoms with Crippen LogP contribution in [0.15, 0.2) is 36.7 Å². The summed E-state index contributed by atoms with van der Waals surface area (Å²) in [6.45, 7) is 2.50. The van der Waals surface area contributed by atoms with Crippen molar-refractivity contribution in [3.05, 3.63) is 36.7 Å². The van der Waals surface area contributed by atoms with Gasteiger partial charge in [0, 0.05) is 24.5 Å². The lowest BCUT2D eigenvalue weighted by Gasteiger charge is -2.21. The van der Waals surface area contributed by atoms with Crippen LogP contribution in [0.25, 0.3) is 0 Å². The van der Waals surface area contributed by atoms with E-state index in [-0.39, 0.29) is 18.2 Å². The SMILES string of the molecule is CCN(C(=O)Cn1cc(N)cn1)c1cccc(O)c1. The van der Waals surface area contributed by atoms with Crippen LogP contribution in [0, 0.1) is 0 Å². The van der Waals surface area contributed by atoms with Crippen LogP contribution in [0.4, 0.5) is 11.4 Å². The topological polar surface area (TPSA) is 84.4 Å². The summed E-state index contributed by atoms with van der Waals surface area (Å²) >= 11 is 0. The minimum Gasteiger partial charge on any atom is -0.508 e. The molecule has 1 aromatic heterocycles. The number of benzene rings is 1. The van der Waals surface area contributed by atoms with Crippen molar-refractivity contribution in [2.45, 2.75) is 13.5 Å². The Morgan fingerprint density at radius 1 is 1.53 bits per heavy atom. The third-order valence-electron chi connectivity index (χ3n) is 2.71. The standard InChI is InChI=1S/C13H16N4O2/c1-2-17(11-4-3-5-12(18)6-11)13(19)9-16-8-10(14)7-15-16/h3-8,18H,2,9,14H2,1H3. The van der Waals surface area contributed by atoms with Gasteiger partial charge in [-0.1, -0.05) is 6.07 Å². The van der Waals surface area contributed by atoms with Crippen LogP contribution in [-0.2, 0) is 11.3 Å². The second-order valence-corrected chi connectivity index (χ2v) is 4.13. The molecule has 0 spiro atoms. The molecule has 0 bridgehead atoms. The number of rotatable bonds is 4. The average molecular weight is 260 g/mol. The molecule has 0 radical (unpaired) electrons. The summed E-state index contributed by atoms with van der Waals surface area (Å²) in [6, 6.07) is 6.60. The van der Waals surface area contributed by atoms with Gasteiger partial charge in [-0.25, -0.2) is 0 Å². The average Bonchev–Trinajstić information content (AvgIpc) is 2.75. The van der Waals surface area contributed by atoms with Gasteiger partial charge in [-0.3, -0.25) is 9.48 Å². The minimum atomic E-state index is -0.115. The quantitative estimate of drug-likeness (QED) is 0.865. The van der Waals surface area contributed by atoms with Crippen molar-refractivity contribution in [2.75, 3.05) is 17.2 Å².